The molecule has 0 aliphatic heterocycles. The van der Waals surface area contributed by atoms with E-state index in [9.17, 15) is 4.79 Å². The molecule has 1 nitrogen and oxygen atoms in total. The Morgan fingerprint density at radius 3 is 2.93 bits per heavy atom. The second-order valence-electron chi connectivity index (χ2n) is 3.84. The number of aldehydes is 1. The van der Waals surface area contributed by atoms with E-state index in [1.54, 1.807) is 11.3 Å². The highest BCUT2D eigenvalue weighted by Gasteiger charge is 2.23. The van der Waals surface area contributed by atoms with Gasteiger partial charge in [0.2, 0.25) is 0 Å². The van der Waals surface area contributed by atoms with Crippen molar-refractivity contribution in [3.05, 3.63) is 34.7 Å². The Labute approximate surface area is 86.4 Å². The second kappa shape index (κ2) is 2.92. The summed E-state index contributed by atoms with van der Waals surface area (Å²) in [6.07, 6.45) is 3.58. The van der Waals surface area contributed by atoms with E-state index in [4.69, 9.17) is 0 Å². The number of benzene rings is 1. The standard InChI is InChI=1S/C12H10OS/c13-6-10-7-14-12-4-3-9(5-11(10)12)8-1-2-8/h3-8H,1-2H2. The largest absolute Gasteiger partial charge is 0.298 e. The van der Waals surface area contributed by atoms with Gasteiger partial charge in [0, 0.05) is 21.0 Å². The summed E-state index contributed by atoms with van der Waals surface area (Å²) in [5.41, 5.74) is 2.24. The van der Waals surface area contributed by atoms with Gasteiger partial charge < -0.3 is 0 Å². The molecule has 1 heterocycles. The molecular formula is C12H10OS. The minimum Gasteiger partial charge on any atom is -0.298 e. The van der Waals surface area contributed by atoms with E-state index >= 15 is 0 Å². The third-order valence-corrected chi connectivity index (χ3v) is 3.78. The smallest absolute Gasteiger partial charge is 0.151 e. The topological polar surface area (TPSA) is 17.1 Å². The van der Waals surface area contributed by atoms with Crippen molar-refractivity contribution < 1.29 is 4.79 Å². The van der Waals surface area contributed by atoms with Crippen molar-refractivity contribution in [2.45, 2.75) is 18.8 Å². The van der Waals surface area contributed by atoms with Gasteiger partial charge in [-0.15, -0.1) is 11.3 Å². The van der Waals surface area contributed by atoms with Crippen LogP contribution in [0.4, 0.5) is 0 Å². The minimum atomic E-state index is 0.763. The van der Waals surface area contributed by atoms with Crippen molar-refractivity contribution in [3.63, 3.8) is 0 Å². The fraction of sp³-hybridized carbons (Fsp3) is 0.250. The van der Waals surface area contributed by atoms with Crippen molar-refractivity contribution in [2.75, 3.05) is 0 Å². The van der Waals surface area contributed by atoms with Gasteiger partial charge in [0.25, 0.3) is 0 Å². The van der Waals surface area contributed by atoms with Crippen LogP contribution in [-0.4, -0.2) is 6.29 Å². The lowest BCUT2D eigenvalue weighted by molar-refractivity contribution is 0.112. The first-order valence-corrected chi connectivity index (χ1v) is 5.73. The Morgan fingerprint density at radius 2 is 2.21 bits per heavy atom. The summed E-state index contributed by atoms with van der Waals surface area (Å²) in [6, 6.07) is 6.53. The van der Waals surface area contributed by atoms with E-state index in [-0.39, 0.29) is 0 Å². The number of rotatable bonds is 2. The third-order valence-electron chi connectivity index (χ3n) is 2.80. The van der Waals surface area contributed by atoms with Crippen LogP contribution in [0.25, 0.3) is 10.1 Å². The van der Waals surface area contributed by atoms with E-state index in [1.807, 2.05) is 5.38 Å². The number of fused-ring (bicyclic) bond motifs is 1. The Balaban J connectivity index is 2.23. The normalized spacial score (nSPS) is 16.0. The SMILES string of the molecule is O=Cc1csc2ccc(C3CC3)cc12. The van der Waals surface area contributed by atoms with Crippen LogP contribution in [0, 0.1) is 0 Å². The van der Waals surface area contributed by atoms with Crippen molar-refractivity contribution in [2.24, 2.45) is 0 Å². The lowest BCUT2D eigenvalue weighted by Crippen LogP contribution is -1.80. The summed E-state index contributed by atoms with van der Waals surface area (Å²) >= 11 is 1.65. The van der Waals surface area contributed by atoms with Crippen molar-refractivity contribution in [1.29, 1.82) is 0 Å². The first kappa shape index (κ1) is 8.18. The van der Waals surface area contributed by atoms with Crippen LogP contribution in [-0.2, 0) is 0 Å². The van der Waals surface area contributed by atoms with Crippen LogP contribution >= 0.6 is 11.3 Å². The Bertz CT molecular complexity index is 494. The first-order valence-electron chi connectivity index (χ1n) is 4.85. The predicted molar refractivity (Wildman–Crippen MR) is 59.2 cm³/mol. The number of carbonyl (C=O) groups is 1. The number of hydrogen-bond acceptors (Lipinski definition) is 2. The highest BCUT2D eigenvalue weighted by molar-refractivity contribution is 7.17. The van der Waals surface area contributed by atoms with Gasteiger partial charge in [0.15, 0.2) is 6.29 Å². The summed E-state index contributed by atoms with van der Waals surface area (Å²) in [4.78, 5) is 10.8. The Morgan fingerprint density at radius 1 is 1.36 bits per heavy atom. The van der Waals surface area contributed by atoms with Crippen LogP contribution in [0.5, 0.6) is 0 Å². The van der Waals surface area contributed by atoms with Gasteiger partial charge in [-0.1, -0.05) is 6.07 Å². The van der Waals surface area contributed by atoms with Crippen LogP contribution in [0.3, 0.4) is 0 Å². The maximum Gasteiger partial charge on any atom is 0.151 e. The number of carbonyl (C=O) groups excluding carboxylic acids is 1. The molecule has 0 amide bonds. The molecule has 2 heteroatoms. The highest BCUT2D eigenvalue weighted by atomic mass is 32.1. The Kier molecular flexibility index (Phi) is 1.71. The molecule has 0 bridgehead atoms. The minimum absolute atomic E-state index is 0.763. The van der Waals surface area contributed by atoms with Gasteiger partial charge >= 0.3 is 0 Å². The maximum absolute atomic E-state index is 10.8. The number of hydrogen-bond donors (Lipinski definition) is 0. The molecule has 1 aromatic heterocycles. The fourth-order valence-electron chi connectivity index (χ4n) is 1.83. The molecule has 0 spiro atoms. The quantitative estimate of drug-likeness (QED) is 0.680. The predicted octanol–water partition coefficient (Wildman–Crippen LogP) is 3.59. The van der Waals surface area contributed by atoms with Gasteiger partial charge in [-0.2, -0.15) is 0 Å². The summed E-state index contributed by atoms with van der Waals surface area (Å²) in [6.45, 7) is 0. The van der Waals surface area contributed by atoms with Crippen LogP contribution in [0.2, 0.25) is 0 Å². The fourth-order valence-corrected chi connectivity index (χ4v) is 2.72. The molecule has 1 aliphatic carbocycles. The van der Waals surface area contributed by atoms with Crippen molar-refractivity contribution in [1.82, 2.24) is 0 Å². The third kappa shape index (κ3) is 1.18. The molecule has 0 saturated heterocycles. The molecular weight excluding hydrogens is 192 g/mol. The van der Waals surface area contributed by atoms with E-state index < -0.39 is 0 Å². The van der Waals surface area contributed by atoms with Crippen LogP contribution in [0.15, 0.2) is 23.6 Å². The molecule has 0 unspecified atom stereocenters. The van der Waals surface area contributed by atoms with Gasteiger partial charge in [0.1, 0.15) is 0 Å². The Hall–Kier alpha value is -1.15. The molecule has 1 aromatic carbocycles. The van der Waals surface area contributed by atoms with Crippen LogP contribution in [0.1, 0.15) is 34.7 Å². The monoisotopic (exact) mass is 202 g/mol. The molecule has 0 radical (unpaired) electrons. The lowest BCUT2D eigenvalue weighted by Gasteiger charge is -1.97. The van der Waals surface area contributed by atoms with Gasteiger partial charge in [-0.05, 0) is 36.5 Å². The van der Waals surface area contributed by atoms with Crippen LogP contribution < -0.4 is 0 Å². The van der Waals surface area contributed by atoms with Gasteiger partial charge in [-0.25, -0.2) is 0 Å². The van der Waals surface area contributed by atoms with E-state index in [2.05, 4.69) is 18.2 Å². The molecule has 2 aromatic rings. The molecule has 1 aliphatic rings. The summed E-state index contributed by atoms with van der Waals surface area (Å²) in [5.74, 6) is 0.763. The zero-order chi connectivity index (χ0) is 9.54. The summed E-state index contributed by atoms with van der Waals surface area (Å²) in [5, 5.41) is 3.07. The molecule has 0 atom stereocenters. The van der Waals surface area contributed by atoms with E-state index in [1.165, 1.54) is 23.1 Å². The van der Waals surface area contributed by atoms with E-state index in [0.717, 1.165) is 23.2 Å². The molecule has 14 heavy (non-hydrogen) atoms. The molecule has 1 fully saturated rings. The average molecular weight is 202 g/mol. The highest BCUT2D eigenvalue weighted by Crippen LogP contribution is 2.41. The zero-order valence-corrected chi connectivity index (χ0v) is 8.51. The maximum atomic E-state index is 10.8. The summed E-state index contributed by atoms with van der Waals surface area (Å²) < 4.78 is 1.22. The zero-order valence-electron chi connectivity index (χ0n) is 7.69. The average Bonchev–Trinajstić information content (AvgIpc) is 2.98. The van der Waals surface area contributed by atoms with Gasteiger partial charge in [0.05, 0.1) is 0 Å². The number of thiophene rings is 1. The van der Waals surface area contributed by atoms with E-state index in [0.29, 0.717) is 0 Å². The van der Waals surface area contributed by atoms with Crippen molar-refractivity contribution in [3.8, 4) is 0 Å². The first-order chi connectivity index (χ1) is 6.88. The molecule has 1 saturated carbocycles. The summed E-state index contributed by atoms with van der Waals surface area (Å²) in [7, 11) is 0. The molecule has 0 N–H and O–H groups in total. The lowest BCUT2D eigenvalue weighted by atomic mass is 10.1. The second-order valence-corrected chi connectivity index (χ2v) is 4.75. The molecule has 3 rings (SSSR count). The van der Waals surface area contributed by atoms with Crippen molar-refractivity contribution >= 4 is 27.7 Å². The molecule has 70 valence electrons. The van der Waals surface area contributed by atoms with Gasteiger partial charge in [-0.3, -0.25) is 4.79 Å².